The fraction of sp³-hybridized carbons (Fsp3) is 0.318. The van der Waals surface area contributed by atoms with Gasteiger partial charge in [0.2, 0.25) is 5.91 Å². The fourth-order valence-corrected chi connectivity index (χ4v) is 3.50. The summed E-state index contributed by atoms with van der Waals surface area (Å²) in [5.41, 5.74) is 1.63. The number of hydrogen-bond acceptors (Lipinski definition) is 3. The van der Waals surface area contributed by atoms with Gasteiger partial charge in [-0.15, -0.1) is 0 Å². The molecule has 1 aromatic heterocycles. The van der Waals surface area contributed by atoms with E-state index in [0.717, 1.165) is 16.5 Å². The van der Waals surface area contributed by atoms with Crippen molar-refractivity contribution in [3.05, 3.63) is 75.2 Å². The minimum absolute atomic E-state index is 0.0412. The molecule has 6 heteroatoms. The first-order valence-electron chi connectivity index (χ1n) is 9.47. The van der Waals surface area contributed by atoms with E-state index in [-0.39, 0.29) is 23.9 Å². The third kappa shape index (κ3) is 4.68. The van der Waals surface area contributed by atoms with Crippen molar-refractivity contribution >= 4 is 32.7 Å². The predicted octanol–water partition coefficient (Wildman–Crippen LogP) is 4.38. The van der Waals surface area contributed by atoms with Crippen LogP contribution in [0.1, 0.15) is 32.3 Å². The largest absolute Gasteiger partial charge is 0.336 e. The van der Waals surface area contributed by atoms with Gasteiger partial charge in [0.25, 0.3) is 5.56 Å². The lowest BCUT2D eigenvalue weighted by Crippen LogP contribution is -2.38. The van der Waals surface area contributed by atoms with Gasteiger partial charge in [0, 0.05) is 30.0 Å². The molecule has 3 rings (SSSR count). The molecule has 1 heterocycles. The van der Waals surface area contributed by atoms with Crippen LogP contribution in [0.2, 0.25) is 0 Å². The summed E-state index contributed by atoms with van der Waals surface area (Å²) in [7, 11) is 0. The summed E-state index contributed by atoms with van der Waals surface area (Å²) in [5, 5.41) is 0.549. The van der Waals surface area contributed by atoms with Gasteiger partial charge in [-0.25, -0.2) is 4.98 Å². The Morgan fingerprint density at radius 1 is 1.21 bits per heavy atom. The summed E-state index contributed by atoms with van der Waals surface area (Å²) < 4.78 is 2.35. The van der Waals surface area contributed by atoms with Crippen molar-refractivity contribution in [2.45, 2.75) is 45.8 Å². The number of benzene rings is 2. The number of nitrogens with zero attached hydrogens (tertiary/aromatic N) is 3. The zero-order valence-electron chi connectivity index (χ0n) is 16.1. The summed E-state index contributed by atoms with van der Waals surface area (Å²) in [6.45, 7) is 5.02. The van der Waals surface area contributed by atoms with E-state index in [9.17, 15) is 9.59 Å². The summed E-state index contributed by atoms with van der Waals surface area (Å²) in [6, 6.07) is 15.5. The van der Waals surface area contributed by atoms with Gasteiger partial charge < -0.3 is 4.90 Å². The van der Waals surface area contributed by atoms with Crippen LogP contribution in [-0.2, 0) is 17.9 Å². The third-order valence-corrected chi connectivity index (χ3v) is 5.48. The van der Waals surface area contributed by atoms with E-state index in [4.69, 9.17) is 0 Å². The van der Waals surface area contributed by atoms with E-state index < -0.39 is 0 Å². The van der Waals surface area contributed by atoms with Crippen molar-refractivity contribution in [2.75, 3.05) is 0 Å². The first kappa shape index (κ1) is 20.3. The minimum Gasteiger partial charge on any atom is -0.336 e. The molecule has 1 unspecified atom stereocenters. The van der Waals surface area contributed by atoms with Crippen LogP contribution >= 0.6 is 15.9 Å². The van der Waals surface area contributed by atoms with Gasteiger partial charge in [0.15, 0.2) is 0 Å². The average Bonchev–Trinajstić information content (AvgIpc) is 2.72. The number of fused-ring (bicyclic) bond motifs is 1. The molecule has 2 aromatic carbocycles. The van der Waals surface area contributed by atoms with Gasteiger partial charge in [-0.2, -0.15) is 0 Å². The first-order chi connectivity index (χ1) is 13.5. The molecular formula is C22H24BrN3O2. The third-order valence-electron chi connectivity index (χ3n) is 4.99. The van der Waals surface area contributed by atoms with Gasteiger partial charge in [-0.05, 0) is 37.1 Å². The van der Waals surface area contributed by atoms with E-state index in [1.165, 1.54) is 10.9 Å². The second-order valence-corrected chi connectivity index (χ2v) is 7.83. The van der Waals surface area contributed by atoms with Crippen molar-refractivity contribution in [1.29, 1.82) is 0 Å². The highest BCUT2D eigenvalue weighted by Gasteiger charge is 2.19. The predicted molar refractivity (Wildman–Crippen MR) is 115 cm³/mol. The van der Waals surface area contributed by atoms with Crippen LogP contribution in [0, 0.1) is 0 Å². The molecule has 0 radical (unpaired) electrons. The number of hydrogen-bond donors (Lipinski definition) is 0. The maximum absolute atomic E-state index is 12.9. The molecule has 28 heavy (non-hydrogen) atoms. The van der Waals surface area contributed by atoms with Gasteiger partial charge >= 0.3 is 0 Å². The summed E-state index contributed by atoms with van der Waals surface area (Å²) in [5.74, 6) is 0.0412. The van der Waals surface area contributed by atoms with Crippen LogP contribution in [0.4, 0.5) is 0 Å². The lowest BCUT2D eigenvalue weighted by molar-refractivity contribution is -0.134. The Balaban J connectivity index is 1.76. The molecule has 3 aromatic rings. The zero-order valence-corrected chi connectivity index (χ0v) is 17.7. The lowest BCUT2D eigenvalue weighted by Gasteiger charge is -2.29. The van der Waals surface area contributed by atoms with E-state index in [1.807, 2.05) is 41.3 Å². The molecule has 0 aliphatic heterocycles. The second kappa shape index (κ2) is 9.15. The molecule has 1 atom stereocenters. The molecule has 0 bridgehead atoms. The van der Waals surface area contributed by atoms with Crippen LogP contribution in [-0.4, -0.2) is 26.4 Å². The molecule has 0 spiro atoms. The number of rotatable bonds is 7. The number of carbonyl (C=O) groups excluding carboxylic acids is 1. The minimum atomic E-state index is -0.128. The number of carbonyl (C=O) groups is 1. The Morgan fingerprint density at radius 2 is 1.96 bits per heavy atom. The van der Waals surface area contributed by atoms with Gasteiger partial charge in [-0.1, -0.05) is 53.2 Å². The Kier molecular flexibility index (Phi) is 6.62. The Hall–Kier alpha value is -2.47. The fourth-order valence-electron chi connectivity index (χ4n) is 3.14. The highest BCUT2D eigenvalue weighted by molar-refractivity contribution is 9.10. The molecule has 146 valence electrons. The molecule has 0 saturated heterocycles. The van der Waals surface area contributed by atoms with Crippen molar-refractivity contribution in [3.63, 3.8) is 0 Å². The molecule has 0 N–H and O–H groups in total. The Labute approximate surface area is 173 Å². The highest BCUT2D eigenvalue weighted by atomic mass is 79.9. The smallest absolute Gasteiger partial charge is 0.261 e. The first-order valence-corrected chi connectivity index (χ1v) is 10.3. The SMILES string of the molecule is CCC(C)N(Cc1ccccc1)C(=O)CCn1cnc2ccc(Br)cc2c1=O. The van der Waals surface area contributed by atoms with Crippen molar-refractivity contribution in [3.8, 4) is 0 Å². The second-order valence-electron chi connectivity index (χ2n) is 6.92. The Morgan fingerprint density at radius 3 is 2.68 bits per heavy atom. The van der Waals surface area contributed by atoms with Gasteiger partial charge in [-0.3, -0.25) is 14.2 Å². The highest BCUT2D eigenvalue weighted by Crippen LogP contribution is 2.16. The van der Waals surface area contributed by atoms with Crippen molar-refractivity contribution in [1.82, 2.24) is 14.5 Å². The number of aromatic nitrogens is 2. The van der Waals surface area contributed by atoms with Crippen LogP contribution < -0.4 is 5.56 Å². The van der Waals surface area contributed by atoms with Crippen LogP contribution in [0.25, 0.3) is 10.9 Å². The normalized spacial score (nSPS) is 12.1. The monoisotopic (exact) mass is 441 g/mol. The topological polar surface area (TPSA) is 55.2 Å². The van der Waals surface area contributed by atoms with Crippen molar-refractivity contribution < 1.29 is 4.79 Å². The van der Waals surface area contributed by atoms with Crippen LogP contribution in [0.3, 0.4) is 0 Å². The number of halogens is 1. The maximum Gasteiger partial charge on any atom is 0.261 e. The average molecular weight is 442 g/mol. The summed E-state index contributed by atoms with van der Waals surface area (Å²) in [4.78, 5) is 31.9. The lowest BCUT2D eigenvalue weighted by atomic mass is 10.1. The quantitative estimate of drug-likeness (QED) is 0.546. The molecule has 0 aliphatic carbocycles. The molecular weight excluding hydrogens is 418 g/mol. The molecule has 5 nitrogen and oxygen atoms in total. The number of aryl methyl sites for hydroxylation is 1. The molecule has 1 amide bonds. The Bertz CT molecular complexity index is 1020. The van der Waals surface area contributed by atoms with E-state index >= 15 is 0 Å². The standard InChI is InChI=1S/C22H24BrN3O2/c1-3-16(2)26(14-17-7-5-4-6-8-17)21(27)11-12-25-15-24-20-10-9-18(23)13-19(20)22(25)28/h4-10,13,15-16H,3,11-12,14H2,1-2H3. The molecule has 0 saturated carbocycles. The molecule has 0 aliphatic rings. The summed E-state index contributed by atoms with van der Waals surface area (Å²) >= 11 is 3.39. The summed E-state index contributed by atoms with van der Waals surface area (Å²) in [6.07, 6.45) is 2.67. The molecule has 0 fully saturated rings. The maximum atomic E-state index is 12.9. The van der Waals surface area contributed by atoms with Crippen LogP contribution in [0.5, 0.6) is 0 Å². The van der Waals surface area contributed by atoms with E-state index in [1.54, 1.807) is 12.1 Å². The van der Waals surface area contributed by atoms with Gasteiger partial charge in [0.1, 0.15) is 0 Å². The van der Waals surface area contributed by atoms with Gasteiger partial charge in [0.05, 0.1) is 17.2 Å². The number of amides is 1. The van der Waals surface area contributed by atoms with E-state index in [2.05, 4.69) is 34.8 Å². The van der Waals surface area contributed by atoms with Crippen LogP contribution in [0.15, 0.2) is 64.1 Å². The zero-order chi connectivity index (χ0) is 20.1. The van der Waals surface area contributed by atoms with Crippen molar-refractivity contribution in [2.24, 2.45) is 0 Å². The van der Waals surface area contributed by atoms with E-state index in [0.29, 0.717) is 24.0 Å².